The normalized spacial score (nSPS) is 11.0. The van der Waals surface area contributed by atoms with E-state index in [1.165, 1.54) is 19.2 Å². The van der Waals surface area contributed by atoms with E-state index >= 15 is 0 Å². The zero-order chi connectivity index (χ0) is 16.3. The van der Waals surface area contributed by atoms with E-state index in [0.29, 0.717) is 5.69 Å². The summed E-state index contributed by atoms with van der Waals surface area (Å²) < 4.78 is 31.9. The first kappa shape index (κ1) is 15.8. The van der Waals surface area contributed by atoms with Gasteiger partial charge in [0.2, 0.25) is 0 Å². The van der Waals surface area contributed by atoms with E-state index in [1.54, 1.807) is 24.3 Å². The molecule has 0 aromatic heterocycles. The highest BCUT2D eigenvalue weighted by Gasteiger charge is 2.19. The number of aryl methyl sites for hydroxylation is 1. The molecule has 0 atom stereocenters. The van der Waals surface area contributed by atoms with Crippen molar-refractivity contribution < 1.29 is 23.1 Å². The Morgan fingerprint density at radius 1 is 1.14 bits per heavy atom. The van der Waals surface area contributed by atoms with E-state index in [0.717, 1.165) is 11.6 Å². The second-order valence-corrected chi connectivity index (χ2v) is 6.32. The maximum absolute atomic E-state index is 12.3. The molecule has 0 unspecified atom stereocenters. The lowest BCUT2D eigenvalue weighted by atomic mass is 10.2. The molecule has 0 radical (unpaired) electrons. The van der Waals surface area contributed by atoms with Crippen molar-refractivity contribution in [2.75, 3.05) is 11.8 Å². The highest BCUT2D eigenvalue weighted by atomic mass is 32.2. The van der Waals surface area contributed by atoms with Crippen molar-refractivity contribution in [3.8, 4) is 5.75 Å². The van der Waals surface area contributed by atoms with Crippen LogP contribution in [-0.2, 0) is 10.0 Å². The number of ether oxygens (including phenoxy) is 1. The van der Waals surface area contributed by atoms with Crippen LogP contribution in [-0.4, -0.2) is 26.6 Å². The molecule has 22 heavy (non-hydrogen) atoms. The summed E-state index contributed by atoms with van der Waals surface area (Å²) in [4.78, 5) is 11.0. The van der Waals surface area contributed by atoms with E-state index < -0.39 is 16.0 Å². The maximum atomic E-state index is 12.3. The van der Waals surface area contributed by atoms with Gasteiger partial charge in [-0.15, -0.1) is 0 Å². The molecule has 0 aliphatic carbocycles. The molecule has 6 nitrogen and oxygen atoms in total. The number of nitrogens with one attached hydrogen (secondary N) is 1. The summed E-state index contributed by atoms with van der Waals surface area (Å²) in [5.41, 5.74) is 1.19. The van der Waals surface area contributed by atoms with Crippen molar-refractivity contribution in [1.82, 2.24) is 0 Å². The Labute approximate surface area is 128 Å². The van der Waals surface area contributed by atoms with Gasteiger partial charge in [0.1, 0.15) is 11.3 Å². The highest BCUT2D eigenvalue weighted by Crippen LogP contribution is 2.24. The van der Waals surface area contributed by atoms with Crippen LogP contribution in [0.3, 0.4) is 0 Å². The third kappa shape index (κ3) is 3.37. The molecule has 0 heterocycles. The van der Waals surface area contributed by atoms with E-state index in [9.17, 15) is 13.2 Å². The van der Waals surface area contributed by atoms with Crippen molar-refractivity contribution in [3.05, 3.63) is 53.6 Å². The summed E-state index contributed by atoms with van der Waals surface area (Å²) in [6, 6.07) is 10.5. The molecule has 0 saturated carbocycles. The minimum Gasteiger partial charge on any atom is -0.496 e. The fraction of sp³-hybridized carbons (Fsp3) is 0.133. The van der Waals surface area contributed by atoms with Crippen LogP contribution in [0.15, 0.2) is 47.4 Å². The standard InChI is InChI=1S/C15H15NO5S/c1-10-3-5-11(6-4-10)16-22(19,20)12-7-8-14(21-2)13(9-12)15(17)18/h3-9,16H,1-2H3,(H,17,18). The van der Waals surface area contributed by atoms with Gasteiger partial charge < -0.3 is 9.84 Å². The number of aromatic carboxylic acids is 1. The number of hydrogen-bond acceptors (Lipinski definition) is 4. The molecule has 2 N–H and O–H groups in total. The number of sulfonamides is 1. The predicted octanol–water partition coefficient (Wildman–Crippen LogP) is 2.50. The fourth-order valence-electron chi connectivity index (χ4n) is 1.86. The van der Waals surface area contributed by atoms with Gasteiger partial charge in [0.05, 0.1) is 12.0 Å². The van der Waals surface area contributed by atoms with Gasteiger partial charge in [-0.3, -0.25) is 4.72 Å². The Kier molecular flexibility index (Phi) is 4.37. The maximum Gasteiger partial charge on any atom is 0.339 e. The Bertz CT molecular complexity index is 797. The number of carbonyl (C=O) groups is 1. The number of carboxylic acid groups (broad SMARTS) is 1. The molecule has 0 bridgehead atoms. The van der Waals surface area contributed by atoms with Crippen LogP contribution in [0.1, 0.15) is 15.9 Å². The average Bonchev–Trinajstić information content (AvgIpc) is 2.48. The monoisotopic (exact) mass is 321 g/mol. The van der Waals surface area contributed by atoms with E-state index in [2.05, 4.69) is 4.72 Å². The average molecular weight is 321 g/mol. The van der Waals surface area contributed by atoms with Gasteiger partial charge in [-0.25, -0.2) is 13.2 Å². The van der Waals surface area contributed by atoms with Gasteiger partial charge in [-0.05, 0) is 37.3 Å². The highest BCUT2D eigenvalue weighted by molar-refractivity contribution is 7.92. The zero-order valence-electron chi connectivity index (χ0n) is 12.0. The van der Waals surface area contributed by atoms with Crippen LogP contribution >= 0.6 is 0 Å². The smallest absolute Gasteiger partial charge is 0.339 e. The van der Waals surface area contributed by atoms with Crippen LogP contribution in [0, 0.1) is 6.92 Å². The fourth-order valence-corrected chi connectivity index (χ4v) is 2.94. The quantitative estimate of drug-likeness (QED) is 0.882. The van der Waals surface area contributed by atoms with Crippen LogP contribution in [0.25, 0.3) is 0 Å². The molecule has 2 rings (SSSR count). The van der Waals surface area contributed by atoms with Gasteiger partial charge in [-0.1, -0.05) is 17.7 Å². The Hall–Kier alpha value is -2.54. The minimum atomic E-state index is -3.88. The third-order valence-electron chi connectivity index (χ3n) is 3.02. The van der Waals surface area contributed by atoms with Gasteiger partial charge in [-0.2, -0.15) is 0 Å². The first-order valence-corrected chi connectivity index (χ1v) is 7.82. The van der Waals surface area contributed by atoms with Crippen LogP contribution in [0.5, 0.6) is 5.75 Å². The van der Waals surface area contributed by atoms with E-state index in [1.807, 2.05) is 6.92 Å². The molecule has 0 saturated heterocycles. The molecule has 0 spiro atoms. The van der Waals surface area contributed by atoms with Gasteiger partial charge in [0.25, 0.3) is 10.0 Å². The molecule has 0 amide bonds. The first-order chi connectivity index (χ1) is 10.3. The lowest BCUT2D eigenvalue weighted by molar-refractivity contribution is 0.0693. The lowest BCUT2D eigenvalue weighted by Crippen LogP contribution is -2.14. The second-order valence-electron chi connectivity index (χ2n) is 4.64. The largest absolute Gasteiger partial charge is 0.496 e. The molecule has 2 aromatic carbocycles. The van der Waals surface area contributed by atoms with Crippen molar-refractivity contribution in [2.24, 2.45) is 0 Å². The van der Waals surface area contributed by atoms with E-state index in [-0.39, 0.29) is 16.2 Å². The van der Waals surface area contributed by atoms with Crippen LogP contribution in [0.4, 0.5) is 5.69 Å². The van der Waals surface area contributed by atoms with Crippen molar-refractivity contribution >= 4 is 21.7 Å². The Morgan fingerprint density at radius 3 is 2.32 bits per heavy atom. The Morgan fingerprint density at radius 2 is 1.77 bits per heavy atom. The molecule has 7 heteroatoms. The minimum absolute atomic E-state index is 0.0989. The van der Waals surface area contributed by atoms with Gasteiger partial charge >= 0.3 is 5.97 Å². The summed E-state index contributed by atoms with van der Waals surface area (Å²) in [5, 5.41) is 9.11. The summed E-state index contributed by atoms with van der Waals surface area (Å²) >= 11 is 0. The lowest BCUT2D eigenvalue weighted by Gasteiger charge is -2.10. The first-order valence-electron chi connectivity index (χ1n) is 6.34. The number of methoxy groups -OCH3 is 1. The van der Waals surface area contributed by atoms with Gasteiger partial charge in [0, 0.05) is 5.69 Å². The SMILES string of the molecule is COc1ccc(S(=O)(=O)Nc2ccc(C)cc2)cc1C(=O)O. The number of carboxylic acids is 1. The summed E-state index contributed by atoms with van der Waals surface area (Å²) in [6.45, 7) is 1.89. The van der Waals surface area contributed by atoms with Crippen molar-refractivity contribution in [2.45, 2.75) is 11.8 Å². The number of anilines is 1. The Balaban J connectivity index is 2.39. The summed E-state index contributed by atoms with van der Waals surface area (Å²) in [5.74, 6) is -1.16. The predicted molar refractivity (Wildman–Crippen MR) is 81.9 cm³/mol. The molecule has 2 aromatic rings. The van der Waals surface area contributed by atoms with E-state index in [4.69, 9.17) is 9.84 Å². The summed E-state index contributed by atoms with van der Waals surface area (Å²) in [6.07, 6.45) is 0. The molecule has 0 fully saturated rings. The second kappa shape index (κ2) is 6.07. The molecular weight excluding hydrogens is 306 g/mol. The molecule has 116 valence electrons. The third-order valence-corrected chi connectivity index (χ3v) is 4.39. The number of benzene rings is 2. The van der Waals surface area contributed by atoms with Crippen molar-refractivity contribution in [1.29, 1.82) is 0 Å². The molecule has 0 aliphatic rings. The topological polar surface area (TPSA) is 92.7 Å². The number of hydrogen-bond donors (Lipinski definition) is 2. The zero-order valence-corrected chi connectivity index (χ0v) is 12.8. The molecule has 0 aliphatic heterocycles. The van der Waals surface area contributed by atoms with Gasteiger partial charge in [0.15, 0.2) is 0 Å². The molecular formula is C15H15NO5S. The summed E-state index contributed by atoms with van der Waals surface area (Å²) in [7, 11) is -2.56. The van der Waals surface area contributed by atoms with Crippen molar-refractivity contribution in [3.63, 3.8) is 0 Å². The number of rotatable bonds is 5. The van der Waals surface area contributed by atoms with Crippen LogP contribution < -0.4 is 9.46 Å². The van der Waals surface area contributed by atoms with Crippen LogP contribution in [0.2, 0.25) is 0 Å².